The molecule has 2 fully saturated rings. The summed E-state index contributed by atoms with van der Waals surface area (Å²) in [5.74, 6) is -0.528. The van der Waals surface area contributed by atoms with Crippen LogP contribution in [0.15, 0.2) is 10.3 Å². The minimum Gasteiger partial charge on any atom is -0.477 e. The van der Waals surface area contributed by atoms with E-state index < -0.39 is 16.0 Å². The van der Waals surface area contributed by atoms with Gasteiger partial charge in [-0.1, -0.05) is 0 Å². The van der Waals surface area contributed by atoms with E-state index in [9.17, 15) is 13.2 Å². The summed E-state index contributed by atoms with van der Waals surface area (Å²) in [5.41, 5.74) is 0.650. The number of hydrogen-bond acceptors (Lipinski definition) is 4. The Morgan fingerprint density at radius 1 is 1.50 bits per heavy atom. The predicted molar refractivity (Wildman–Crippen MR) is 75.6 cm³/mol. The van der Waals surface area contributed by atoms with Crippen LogP contribution in [0.1, 0.15) is 40.9 Å². The highest BCUT2D eigenvalue weighted by atomic mass is 32.2. The molecule has 0 atom stereocenters. The van der Waals surface area contributed by atoms with Crippen molar-refractivity contribution in [3.05, 3.63) is 15.8 Å². The van der Waals surface area contributed by atoms with Crippen LogP contribution in [0.5, 0.6) is 0 Å². The van der Waals surface area contributed by atoms with E-state index >= 15 is 0 Å². The van der Waals surface area contributed by atoms with Crippen LogP contribution < -0.4 is 4.72 Å². The molecule has 0 radical (unpaired) electrons. The Morgan fingerprint density at radius 2 is 2.15 bits per heavy atom. The lowest BCUT2D eigenvalue weighted by Crippen LogP contribution is -2.32. The standard InChI is InChI=1S/C13H17NO4S2/c1-8-6-19-10(12(15)16)11(8)20(17,18)14-7-13(4-5-13)9-2-3-9/h6,9,14H,2-5,7H2,1H3,(H,15,16). The summed E-state index contributed by atoms with van der Waals surface area (Å²) in [6.45, 7) is 2.07. The van der Waals surface area contributed by atoms with Gasteiger partial charge in [-0.25, -0.2) is 17.9 Å². The molecule has 0 bridgehead atoms. The van der Waals surface area contributed by atoms with Gasteiger partial charge in [0.15, 0.2) is 0 Å². The highest BCUT2D eigenvalue weighted by Crippen LogP contribution is 2.60. The number of nitrogens with one attached hydrogen (secondary N) is 1. The van der Waals surface area contributed by atoms with E-state index in [1.54, 1.807) is 12.3 Å². The molecule has 2 aliphatic rings. The van der Waals surface area contributed by atoms with Crippen LogP contribution in [-0.2, 0) is 10.0 Å². The number of carbonyl (C=O) groups is 1. The molecule has 2 aliphatic carbocycles. The summed E-state index contributed by atoms with van der Waals surface area (Å²) >= 11 is 0.960. The van der Waals surface area contributed by atoms with Crippen LogP contribution in [0.3, 0.4) is 0 Å². The van der Waals surface area contributed by atoms with Crippen molar-refractivity contribution in [2.24, 2.45) is 11.3 Å². The van der Waals surface area contributed by atoms with Crippen molar-refractivity contribution in [2.75, 3.05) is 6.54 Å². The fraction of sp³-hybridized carbons (Fsp3) is 0.615. The van der Waals surface area contributed by atoms with Crippen molar-refractivity contribution in [1.82, 2.24) is 4.72 Å². The average Bonchev–Trinajstić information content (AvgIpc) is 3.24. The molecule has 1 aromatic rings. The van der Waals surface area contributed by atoms with Gasteiger partial charge in [0, 0.05) is 6.54 Å². The number of carboxylic acids is 1. The normalized spacial score (nSPS) is 20.9. The Bertz CT molecular complexity index is 654. The van der Waals surface area contributed by atoms with Gasteiger partial charge in [0.05, 0.1) is 0 Å². The number of sulfonamides is 1. The third kappa shape index (κ3) is 2.38. The Hall–Kier alpha value is -0.920. The van der Waals surface area contributed by atoms with Crippen molar-refractivity contribution in [3.63, 3.8) is 0 Å². The fourth-order valence-corrected chi connectivity index (χ4v) is 5.58. The monoisotopic (exact) mass is 315 g/mol. The number of aromatic carboxylic acids is 1. The van der Waals surface area contributed by atoms with Crippen molar-refractivity contribution >= 4 is 27.3 Å². The van der Waals surface area contributed by atoms with Crippen LogP contribution in [0.25, 0.3) is 0 Å². The van der Waals surface area contributed by atoms with E-state index in [0.29, 0.717) is 18.0 Å². The topological polar surface area (TPSA) is 83.5 Å². The Morgan fingerprint density at radius 3 is 2.65 bits per heavy atom. The third-order valence-electron chi connectivity index (χ3n) is 4.33. The van der Waals surface area contributed by atoms with E-state index in [4.69, 9.17) is 5.11 Å². The van der Waals surface area contributed by atoms with E-state index in [2.05, 4.69) is 4.72 Å². The summed E-state index contributed by atoms with van der Waals surface area (Å²) in [4.78, 5) is 11.0. The molecule has 5 nitrogen and oxygen atoms in total. The molecule has 2 N–H and O–H groups in total. The Balaban J connectivity index is 1.81. The largest absolute Gasteiger partial charge is 0.477 e. The zero-order chi connectivity index (χ0) is 14.5. The maximum absolute atomic E-state index is 12.4. The van der Waals surface area contributed by atoms with Gasteiger partial charge in [-0.15, -0.1) is 11.3 Å². The van der Waals surface area contributed by atoms with Gasteiger partial charge >= 0.3 is 5.97 Å². The Labute approximate surface area is 122 Å². The number of rotatable bonds is 6. The average molecular weight is 315 g/mol. The molecule has 1 aromatic heterocycles. The molecule has 20 heavy (non-hydrogen) atoms. The van der Waals surface area contributed by atoms with Crippen LogP contribution >= 0.6 is 11.3 Å². The van der Waals surface area contributed by atoms with Gasteiger partial charge in [0.2, 0.25) is 10.0 Å². The first kappa shape index (κ1) is 14.0. The maximum atomic E-state index is 12.4. The summed E-state index contributed by atoms with van der Waals surface area (Å²) in [7, 11) is -3.74. The predicted octanol–water partition coefficient (Wildman–Crippen LogP) is 2.22. The lowest BCUT2D eigenvalue weighted by Gasteiger charge is -2.15. The minimum atomic E-state index is -3.74. The van der Waals surface area contributed by atoms with Crippen molar-refractivity contribution in [2.45, 2.75) is 37.5 Å². The van der Waals surface area contributed by atoms with Gasteiger partial charge < -0.3 is 5.11 Å². The number of thiophene rings is 1. The molecular formula is C13H17NO4S2. The minimum absolute atomic E-state index is 0.0680. The van der Waals surface area contributed by atoms with Crippen LogP contribution in [0.2, 0.25) is 0 Å². The van der Waals surface area contributed by atoms with Crippen LogP contribution in [0.4, 0.5) is 0 Å². The Kier molecular flexibility index (Phi) is 3.19. The molecule has 110 valence electrons. The van der Waals surface area contributed by atoms with Gasteiger partial charge in [-0.2, -0.15) is 0 Å². The molecule has 7 heteroatoms. The zero-order valence-electron chi connectivity index (χ0n) is 11.2. The summed E-state index contributed by atoms with van der Waals surface area (Å²) < 4.78 is 27.4. The molecule has 0 aromatic carbocycles. The second kappa shape index (κ2) is 4.54. The van der Waals surface area contributed by atoms with Gasteiger partial charge in [-0.3, -0.25) is 0 Å². The van der Waals surface area contributed by atoms with Gasteiger partial charge in [0.25, 0.3) is 0 Å². The third-order valence-corrected chi connectivity index (χ3v) is 7.13. The smallest absolute Gasteiger partial charge is 0.347 e. The number of carboxylic acid groups (broad SMARTS) is 1. The summed E-state index contributed by atoms with van der Waals surface area (Å²) in [5, 5.41) is 10.7. The molecule has 1 heterocycles. The van der Waals surface area contributed by atoms with Crippen molar-refractivity contribution < 1.29 is 18.3 Å². The number of hydrogen-bond donors (Lipinski definition) is 2. The zero-order valence-corrected chi connectivity index (χ0v) is 12.8. The van der Waals surface area contributed by atoms with E-state index in [1.807, 2.05) is 0 Å². The van der Waals surface area contributed by atoms with E-state index in [0.717, 1.165) is 24.2 Å². The lowest BCUT2D eigenvalue weighted by molar-refractivity contribution is 0.0698. The molecular weight excluding hydrogens is 298 g/mol. The van der Waals surface area contributed by atoms with Crippen molar-refractivity contribution in [3.8, 4) is 0 Å². The molecule has 0 unspecified atom stereocenters. The molecule has 2 saturated carbocycles. The summed E-state index contributed by atoms with van der Waals surface area (Å²) in [6, 6.07) is 0. The second-order valence-corrected chi connectivity index (χ2v) is 8.43. The molecule has 0 amide bonds. The van der Waals surface area contributed by atoms with Crippen molar-refractivity contribution in [1.29, 1.82) is 0 Å². The van der Waals surface area contributed by atoms with E-state index in [1.165, 1.54) is 12.8 Å². The highest BCUT2D eigenvalue weighted by Gasteiger charge is 2.53. The molecule has 3 rings (SSSR count). The first-order chi connectivity index (χ1) is 9.36. The lowest BCUT2D eigenvalue weighted by atomic mass is 10.0. The van der Waals surface area contributed by atoms with Crippen LogP contribution in [-0.4, -0.2) is 26.0 Å². The highest BCUT2D eigenvalue weighted by molar-refractivity contribution is 7.89. The first-order valence-corrected chi connectivity index (χ1v) is 9.03. The fourth-order valence-electron chi connectivity index (χ4n) is 2.81. The molecule has 0 aliphatic heterocycles. The second-order valence-electron chi connectivity index (χ2n) is 5.84. The maximum Gasteiger partial charge on any atom is 0.347 e. The van der Waals surface area contributed by atoms with E-state index in [-0.39, 0.29) is 15.2 Å². The summed E-state index contributed by atoms with van der Waals surface area (Å²) in [6.07, 6.45) is 4.54. The number of aryl methyl sites for hydroxylation is 1. The van der Waals surface area contributed by atoms with Crippen LogP contribution in [0, 0.1) is 18.3 Å². The quantitative estimate of drug-likeness (QED) is 0.843. The van der Waals surface area contributed by atoms with Gasteiger partial charge in [0.1, 0.15) is 9.77 Å². The van der Waals surface area contributed by atoms with Gasteiger partial charge in [-0.05, 0) is 54.9 Å². The molecule has 0 saturated heterocycles. The molecule has 0 spiro atoms. The first-order valence-electron chi connectivity index (χ1n) is 6.67. The SMILES string of the molecule is Cc1csc(C(=O)O)c1S(=O)(=O)NCC1(C2CC2)CC1.